The molecule has 0 aliphatic rings. The summed E-state index contributed by atoms with van der Waals surface area (Å²) in [7, 11) is 1.61. The molecule has 1 rings (SSSR count). The van der Waals surface area contributed by atoms with Crippen LogP contribution >= 0.6 is 11.3 Å². The quantitative estimate of drug-likeness (QED) is 0.696. The number of thiazole rings is 1. The van der Waals surface area contributed by atoms with E-state index in [1.165, 1.54) is 11.3 Å². The molecule has 0 N–H and O–H groups in total. The van der Waals surface area contributed by atoms with Gasteiger partial charge in [-0.1, -0.05) is 0 Å². The van der Waals surface area contributed by atoms with Crippen LogP contribution in [0.4, 0.5) is 0 Å². The molecule has 17 heavy (non-hydrogen) atoms. The van der Waals surface area contributed by atoms with E-state index in [4.69, 9.17) is 9.47 Å². The second kappa shape index (κ2) is 7.37. The number of amides is 1. The highest BCUT2D eigenvalue weighted by molar-refractivity contribution is 7.13. The first-order chi connectivity index (χ1) is 8.19. The zero-order chi connectivity index (χ0) is 12.7. The van der Waals surface area contributed by atoms with Crippen molar-refractivity contribution < 1.29 is 14.3 Å². The molecular weight excluding hydrogens is 240 g/mol. The molecule has 1 heterocycles. The van der Waals surface area contributed by atoms with Crippen molar-refractivity contribution in [3.05, 3.63) is 16.1 Å². The molecule has 0 unspecified atom stereocenters. The van der Waals surface area contributed by atoms with E-state index in [1.54, 1.807) is 18.2 Å². The predicted molar refractivity (Wildman–Crippen MR) is 66.3 cm³/mol. The van der Waals surface area contributed by atoms with Crippen LogP contribution in [-0.4, -0.2) is 49.4 Å². The summed E-state index contributed by atoms with van der Waals surface area (Å²) >= 11 is 1.39. The molecule has 0 radical (unpaired) electrons. The van der Waals surface area contributed by atoms with E-state index in [0.717, 1.165) is 4.88 Å². The lowest BCUT2D eigenvalue weighted by molar-refractivity contribution is 0.0194. The van der Waals surface area contributed by atoms with Gasteiger partial charge in [-0.3, -0.25) is 4.79 Å². The van der Waals surface area contributed by atoms with Gasteiger partial charge in [-0.2, -0.15) is 0 Å². The van der Waals surface area contributed by atoms with Crippen LogP contribution in [0.3, 0.4) is 0 Å². The van der Waals surface area contributed by atoms with Gasteiger partial charge < -0.3 is 14.4 Å². The third kappa shape index (κ3) is 4.41. The summed E-state index contributed by atoms with van der Waals surface area (Å²) in [4.78, 5) is 18.8. The van der Waals surface area contributed by atoms with Crippen LogP contribution in [0.2, 0.25) is 0 Å². The van der Waals surface area contributed by atoms with Gasteiger partial charge in [0.1, 0.15) is 6.73 Å². The van der Waals surface area contributed by atoms with Crippen LogP contribution in [0.25, 0.3) is 0 Å². The fourth-order valence-electron chi connectivity index (χ4n) is 1.22. The second-order valence-corrected chi connectivity index (χ2v) is 4.69. The molecule has 1 amide bonds. The normalized spacial score (nSPS) is 10.5. The highest BCUT2D eigenvalue weighted by Gasteiger charge is 2.18. The minimum absolute atomic E-state index is 0.103. The van der Waals surface area contributed by atoms with Gasteiger partial charge >= 0.3 is 0 Å². The molecule has 5 nitrogen and oxygen atoms in total. The maximum absolute atomic E-state index is 12.1. The van der Waals surface area contributed by atoms with Crippen molar-refractivity contribution >= 4 is 17.2 Å². The van der Waals surface area contributed by atoms with Gasteiger partial charge in [-0.15, -0.1) is 11.3 Å². The van der Waals surface area contributed by atoms with Gasteiger partial charge in [0, 0.05) is 31.3 Å². The molecule has 0 bridgehead atoms. The molecule has 0 fully saturated rings. The van der Waals surface area contributed by atoms with Crippen LogP contribution in [0.5, 0.6) is 0 Å². The minimum Gasteiger partial charge on any atom is -0.383 e. The number of hydrogen-bond donors (Lipinski definition) is 0. The zero-order valence-electron chi connectivity index (χ0n) is 10.4. The van der Waals surface area contributed by atoms with Crippen molar-refractivity contribution in [3.63, 3.8) is 0 Å². The Kier molecular flexibility index (Phi) is 6.10. The van der Waals surface area contributed by atoms with Crippen LogP contribution < -0.4 is 0 Å². The lowest BCUT2D eigenvalue weighted by Crippen LogP contribution is -2.35. The zero-order valence-corrected chi connectivity index (χ0v) is 11.2. The summed E-state index contributed by atoms with van der Waals surface area (Å²) in [5.41, 5.74) is 0. The molecule has 0 aromatic carbocycles. The SMILES string of the molecule is CCOCN(CCOC)C(=O)c1ncc(C)s1. The van der Waals surface area contributed by atoms with Gasteiger partial charge in [0.2, 0.25) is 0 Å². The van der Waals surface area contributed by atoms with E-state index >= 15 is 0 Å². The molecular formula is C11H18N2O3S. The summed E-state index contributed by atoms with van der Waals surface area (Å²) in [6.45, 7) is 5.67. The van der Waals surface area contributed by atoms with E-state index in [2.05, 4.69) is 4.98 Å². The summed E-state index contributed by atoms with van der Waals surface area (Å²) in [6.07, 6.45) is 1.70. The molecule has 6 heteroatoms. The van der Waals surface area contributed by atoms with E-state index in [-0.39, 0.29) is 12.6 Å². The van der Waals surface area contributed by atoms with Crippen molar-refractivity contribution in [1.82, 2.24) is 9.88 Å². The molecule has 1 aromatic rings. The first-order valence-electron chi connectivity index (χ1n) is 5.47. The largest absolute Gasteiger partial charge is 0.383 e. The van der Waals surface area contributed by atoms with Gasteiger partial charge in [-0.05, 0) is 13.8 Å². The Labute approximate surface area is 105 Å². The monoisotopic (exact) mass is 258 g/mol. The summed E-state index contributed by atoms with van der Waals surface area (Å²) in [6, 6.07) is 0. The van der Waals surface area contributed by atoms with Crippen molar-refractivity contribution in [2.45, 2.75) is 13.8 Å². The minimum atomic E-state index is -0.103. The molecule has 0 saturated carbocycles. The number of carbonyl (C=O) groups excluding carboxylic acids is 1. The van der Waals surface area contributed by atoms with Gasteiger partial charge in [0.25, 0.3) is 5.91 Å². The summed E-state index contributed by atoms with van der Waals surface area (Å²) < 4.78 is 10.2. The average Bonchev–Trinajstić information content (AvgIpc) is 2.75. The number of aromatic nitrogens is 1. The van der Waals surface area contributed by atoms with E-state index in [1.807, 2.05) is 13.8 Å². The fraction of sp³-hybridized carbons (Fsp3) is 0.636. The molecule has 0 saturated heterocycles. The molecule has 0 atom stereocenters. The number of ether oxygens (including phenoxy) is 2. The lowest BCUT2D eigenvalue weighted by atomic mass is 10.5. The maximum Gasteiger partial charge on any atom is 0.284 e. The van der Waals surface area contributed by atoms with E-state index in [0.29, 0.717) is 24.8 Å². The third-order valence-electron chi connectivity index (χ3n) is 2.11. The van der Waals surface area contributed by atoms with Crippen LogP contribution in [0, 0.1) is 6.92 Å². The Morgan fingerprint density at radius 3 is 2.88 bits per heavy atom. The number of rotatable bonds is 7. The standard InChI is InChI=1S/C11H18N2O3S/c1-4-16-8-13(5-6-15-3)11(14)10-12-7-9(2)17-10/h7H,4-6,8H2,1-3H3. The Hall–Kier alpha value is -0.980. The Morgan fingerprint density at radius 2 is 2.35 bits per heavy atom. The van der Waals surface area contributed by atoms with E-state index < -0.39 is 0 Å². The molecule has 96 valence electrons. The number of hydrogen-bond acceptors (Lipinski definition) is 5. The second-order valence-electron chi connectivity index (χ2n) is 3.46. The van der Waals surface area contributed by atoms with Crippen LogP contribution in [0.15, 0.2) is 6.20 Å². The van der Waals surface area contributed by atoms with Gasteiger partial charge in [0.05, 0.1) is 6.61 Å². The van der Waals surface area contributed by atoms with Gasteiger partial charge in [0.15, 0.2) is 5.01 Å². The third-order valence-corrected chi connectivity index (χ3v) is 3.01. The number of methoxy groups -OCH3 is 1. The molecule has 0 spiro atoms. The highest BCUT2D eigenvalue weighted by Crippen LogP contribution is 2.13. The number of aryl methyl sites for hydroxylation is 1. The average molecular weight is 258 g/mol. The Morgan fingerprint density at radius 1 is 1.59 bits per heavy atom. The van der Waals surface area contributed by atoms with Crippen molar-refractivity contribution in [2.75, 3.05) is 33.6 Å². The molecule has 0 aliphatic carbocycles. The molecule has 1 aromatic heterocycles. The first kappa shape index (κ1) is 14.1. The van der Waals surface area contributed by atoms with Gasteiger partial charge in [-0.25, -0.2) is 4.98 Å². The highest BCUT2D eigenvalue weighted by atomic mass is 32.1. The van der Waals surface area contributed by atoms with Crippen molar-refractivity contribution in [3.8, 4) is 0 Å². The Balaban J connectivity index is 2.64. The summed E-state index contributed by atoms with van der Waals surface area (Å²) in [5, 5.41) is 0.498. The summed E-state index contributed by atoms with van der Waals surface area (Å²) in [5.74, 6) is -0.103. The van der Waals surface area contributed by atoms with E-state index in [9.17, 15) is 4.79 Å². The van der Waals surface area contributed by atoms with Crippen LogP contribution in [0.1, 0.15) is 21.6 Å². The number of nitrogens with zero attached hydrogens (tertiary/aromatic N) is 2. The molecule has 0 aliphatic heterocycles. The van der Waals surface area contributed by atoms with Crippen molar-refractivity contribution in [1.29, 1.82) is 0 Å². The topological polar surface area (TPSA) is 51.7 Å². The van der Waals surface area contributed by atoms with Crippen LogP contribution in [-0.2, 0) is 9.47 Å². The first-order valence-corrected chi connectivity index (χ1v) is 6.29. The lowest BCUT2D eigenvalue weighted by Gasteiger charge is -2.20. The predicted octanol–water partition coefficient (Wildman–Crippen LogP) is 1.53. The number of carbonyl (C=O) groups is 1. The fourth-order valence-corrected chi connectivity index (χ4v) is 1.95. The van der Waals surface area contributed by atoms with Crippen molar-refractivity contribution in [2.24, 2.45) is 0 Å². The smallest absolute Gasteiger partial charge is 0.284 e. The Bertz CT molecular complexity index is 346. The maximum atomic E-state index is 12.1.